The van der Waals surface area contributed by atoms with Crippen LogP contribution in [0.1, 0.15) is 37.3 Å². The maximum Gasteiger partial charge on any atom is 0.322 e. The van der Waals surface area contributed by atoms with E-state index in [2.05, 4.69) is 10.6 Å². The molecule has 0 bridgehead atoms. The molecule has 1 aromatic carbocycles. The normalized spacial score (nSPS) is 16.4. The Labute approximate surface area is 135 Å². The predicted octanol–water partition coefficient (Wildman–Crippen LogP) is 2.36. The third kappa shape index (κ3) is 5.00. The molecule has 6 heteroatoms. The number of halogens is 1. The molecule has 0 aliphatic heterocycles. The van der Waals surface area contributed by atoms with Gasteiger partial charge in [0.15, 0.2) is 0 Å². The van der Waals surface area contributed by atoms with Gasteiger partial charge in [-0.25, -0.2) is 0 Å². The van der Waals surface area contributed by atoms with E-state index < -0.39 is 5.97 Å². The van der Waals surface area contributed by atoms with Crippen LogP contribution in [0.5, 0.6) is 0 Å². The molecule has 1 atom stereocenters. The SMILES string of the molecule is O=C(O)CNC(=O)CNC(c1cccc(Cl)c1)C1CCCC1. The van der Waals surface area contributed by atoms with Crippen LogP contribution in [0.4, 0.5) is 0 Å². The summed E-state index contributed by atoms with van der Waals surface area (Å²) in [5.41, 5.74) is 1.07. The minimum atomic E-state index is -1.05. The van der Waals surface area contributed by atoms with Crippen molar-refractivity contribution in [2.75, 3.05) is 13.1 Å². The minimum absolute atomic E-state index is 0.0665. The van der Waals surface area contributed by atoms with Crippen LogP contribution in [0.15, 0.2) is 24.3 Å². The van der Waals surface area contributed by atoms with E-state index in [0.717, 1.165) is 18.4 Å². The van der Waals surface area contributed by atoms with Gasteiger partial charge < -0.3 is 15.7 Å². The van der Waals surface area contributed by atoms with E-state index in [1.165, 1.54) is 12.8 Å². The molecule has 1 aromatic rings. The smallest absolute Gasteiger partial charge is 0.322 e. The number of carboxylic acids is 1. The van der Waals surface area contributed by atoms with Crippen molar-refractivity contribution in [3.8, 4) is 0 Å². The molecule has 0 heterocycles. The van der Waals surface area contributed by atoms with Crippen LogP contribution in [0, 0.1) is 5.92 Å². The zero-order valence-electron chi connectivity index (χ0n) is 12.3. The summed E-state index contributed by atoms with van der Waals surface area (Å²) in [5, 5.41) is 14.9. The molecule has 1 saturated carbocycles. The summed E-state index contributed by atoms with van der Waals surface area (Å²) in [6.07, 6.45) is 4.66. The molecule has 0 radical (unpaired) electrons. The molecular formula is C16H21ClN2O3. The summed E-state index contributed by atoms with van der Waals surface area (Å²) in [7, 11) is 0. The van der Waals surface area contributed by atoms with Crippen molar-refractivity contribution in [2.45, 2.75) is 31.7 Å². The fraction of sp³-hybridized carbons (Fsp3) is 0.500. The Morgan fingerprint density at radius 1 is 1.27 bits per heavy atom. The molecule has 1 unspecified atom stereocenters. The van der Waals surface area contributed by atoms with Gasteiger partial charge >= 0.3 is 5.97 Å². The van der Waals surface area contributed by atoms with Crippen molar-refractivity contribution in [3.05, 3.63) is 34.9 Å². The highest BCUT2D eigenvalue weighted by molar-refractivity contribution is 6.30. The molecule has 5 nitrogen and oxygen atoms in total. The van der Waals surface area contributed by atoms with Gasteiger partial charge in [0, 0.05) is 11.1 Å². The zero-order chi connectivity index (χ0) is 15.9. The van der Waals surface area contributed by atoms with E-state index in [9.17, 15) is 9.59 Å². The van der Waals surface area contributed by atoms with Gasteiger partial charge in [0.05, 0.1) is 6.54 Å². The number of amides is 1. The van der Waals surface area contributed by atoms with Crippen molar-refractivity contribution in [2.24, 2.45) is 5.92 Å². The number of aliphatic carboxylic acids is 1. The Hall–Kier alpha value is -1.59. The summed E-state index contributed by atoms with van der Waals surface area (Å²) < 4.78 is 0. The van der Waals surface area contributed by atoms with Gasteiger partial charge in [-0.3, -0.25) is 9.59 Å². The average Bonchev–Trinajstić information content (AvgIpc) is 2.99. The largest absolute Gasteiger partial charge is 0.480 e. The Bertz CT molecular complexity index is 530. The molecule has 3 N–H and O–H groups in total. The molecule has 120 valence electrons. The third-order valence-electron chi connectivity index (χ3n) is 4.00. The van der Waals surface area contributed by atoms with Crippen LogP contribution in [0.25, 0.3) is 0 Å². The van der Waals surface area contributed by atoms with Crippen molar-refractivity contribution in [1.82, 2.24) is 10.6 Å². The molecule has 2 rings (SSSR count). The summed E-state index contributed by atoms with van der Waals surface area (Å²) in [6.45, 7) is -0.257. The monoisotopic (exact) mass is 324 g/mol. The molecule has 1 aliphatic carbocycles. The van der Waals surface area contributed by atoms with Gasteiger partial charge in [-0.1, -0.05) is 36.6 Å². The Balaban J connectivity index is 1.99. The van der Waals surface area contributed by atoms with Crippen LogP contribution in [-0.2, 0) is 9.59 Å². The predicted molar refractivity (Wildman–Crippen MR) is 84.8 cm³/mol. The number of rotatable bonds is 7. The van der Waals surface area contributed by atoms with Crippen molar-refractivity contribution in [1.29, 1.82) is 0 Å². The van der Waals surface area contributed by atoms with Gasteiger partial charge in [-0.05, 0) is 36.5 Å². The lowest BCUT2D eigenvalue weighted by Crippen LogP contribution is -2.39. The van der Waals surface area contributed by atoms with E-state index >= 15 is 0 Å². The number of carbonyl (C=O) groups is 2. The standard InChI is InChI=1S/C16H21ClN2O3/c17-13-7-3-6-12(8-13)16(11-4-1-2-5-11)19-9-14(20)18-10-15(21)22/h3,6-8,11,16,19H,1-2,4-5,9-10H2,(H,18,20)(H,21,22). The van der Waals surface area contributed by atoms with E-state index in [1.54, 1.807) is 0 Å². The molecule has 0 spiro atoms. The van der Waals surface area contributed by atoms with Crippen LogP contribution < -0.4 is 10.6 Å². The molecule has 1 aliphatic rings. The maximum absolute atomic E-state index is 11.7. The second-order valence-electron chi connectivity index (χ2n) is 5.63. The lowest BCUT2D eigenvalue weighted by molar-refractivity contribution is -0.137. The topological polar surface area (TPSA) is 78.4 Å². The van der Waals surface area contributed by atoms with Crippen LogP contribution in [0.2, 0.25) is 5.02 Å². The van der Waals surface area contributed by atoms with Gasteiger partial charge in [-0.2, -0.15) is 0 Å². The number of carboxylic acid groups (broad SMARTS) is 1. The highest BCUT2D eigenvalue weighted by atomic mass is 35.5. The lowest BCUT2D eigenvalue weighted by Gasteiger charge is -2.25. The summed E-state index contributed by atoms with van der Waals surface area (Å²) in [6, 6.07) is 7.74. The fourth-order valence-electron chi connectivity index (χ4n) is 2.99. The van der Waals surface area contributed by atoms with E-state index in [4.69, 9.17) is 16.7 Å². The highest BCUT2D eigenvalue weighted by Gasteiger charge is 2.26. The Kier molecular flexibility index (Phi) is 6.21. The highest BCUT2D eigenvalue weighted by Crippen LogP contribution is 2.36. The van der Waals surface area contributed by atoms with Crippen LogP contribution in [-0.4, -0.2) is 30.1 Å². The summed E-state index contributed by atoms with van der Waals surface area (Å²) >= 11 is 6.07. The quantitative estimate of drug-likeness (QED) is 0.719. The van der Waals surface area contributed by atoms with E-state index in [0.29, 0.717) is 10.9 Å². The van der Waals surface area contributed by atoms with Crippen LogP contribution >= 0.6 is 11.6 Å². The molecule has 22 heavy (non-hydrogen) atoms. The summed E-state index contributed by atoms with van der Waals surface area (Å²) in [5.74, 6) is -0.881. The molecule has 1 amide bonds. The molecule has 0 aromatic heterocycles. The van der Waals surface area contributed by atoms with Crippen molar-refractivity contribution >= 4 is 23.5 Å². The average molecular weight is 325 g/mol. The number of nitrogens with one attached hydrogen (secondary N) is 2. The fourth-order valence-corrected chi connectivity index (χ4v) is 3.19. The Morgan fingerprint density at radius 2 is 2.00 bits per heavy atom. The molecule has 1 fully saturated rings. The first-order chi connectivity index (χ1) is 10.6. The minimum Gasteiger partial charge on any atom is -0.480 e. The number of benzene rings is 1. The van der Waals surface area contributed by atoms with E-state index in [-0.39, 0.29) is 25.0 Å². The second-order valence-corrected chi connectivity index (χ2v) is 6.07. The van der Waals surface area contributed by atoms with Crippen LogP contribution in [0.3, 0.4) is 0 Å². The molecular weight excluding hydrogens is 304 g/mol. The third-order valence-corrected chi connectivity index (χ3v) is 4.23. The van der Waals surface area contributed by atoms with Gasteiger partial charge in [0.2, 0.25) is 5.91 Å². The first-order valence-electron chi connectivity index (χ1n) is 7.53. The first-order valence-corrected chi connectivity index (χ1v) is 7.91. The Morgan fingerprint density at radius 3 is 2.64 bits per heavy atom. The van der Waals surface area contributed by atoms with E-state index in [1.807, 2.05) is 24.3 Å². The number of carbonyl (C=O) groups excluding carboxylic acids is 1. The maximum atomic E-state index is 11.7. The van der Waals surface area contributed by atoms with Crippen molar-refractivity contribution < 1.29 is 14.7 Å². The zero-order valence-corrected chi connectivity index (χ0v) is 13.1. The van der Waals surface area contributed by atoms with Gasteiger partial charge in [0.1, 0.15) is 6.54 Å². The number of hydrogen-bond acceptors (Lipinski definition) is 3. The van der Waals surface area contributed by atoms with Crippen molar-refractivity contribution in [3.63, 3.8) is 0 Å². The van der Waals surface area contributed by atoms with Gasteiger partial charge in [-0.15, -0.1) is 0 Å². The molecule has 0 saturated heterocycles. The number of hydrogen-bond donors (Lipinski definition) is 3. The first kappa shape index (κ1) is 16.8. The summed E-state index contributed by atoms with van der Waals surface area (Å²) in [4.78, 5) is 22.2. The second kappa shape index (κ2) is 8.15. The lowest BCUT2D eigenvalue weighted by atomic mass is 9.91. The van der Waals surface area contributed by atoms with Gasteiger partial charge in [0.25, 0.3) is 0 Å².